The standard InChI is InChI=1S/C16H19ClN2O/c1-3-10-18-12(2)13-7-6-11-19-16(13)20-15-9-5-4-8-14(15)17/h4-9,11-12,18H,3,10H2,1-2H3. The molecule has 0 saturated carbocycles. The number of hydrogen-bond donors (Lipinski definition) is 1. The molecule has 1 aromatic heterocycles. The van der Waals surface area contributed by atoms with Crippen molar-refractivity contribution >= 4 is 11.6 Å². The normalized spacial score (nSPS) is 12.2. The van der Waals surface area contributed by atoms with Gasteiger partial charge in [0.15, 0.2) is 0 Å². The molecule has 1 unspecified atom stereocenters. The number of aromatic nitrogens is 1. The van der Waals surface area contributed by atoms with Gasteiger partial charge in [0.05, 0.1) is 5.02 Å². The van der Waals surface area contributed by atoms with Crippen molar-refractivity contribution in [1.82, 2.24) is 10.3 Å². The summed E-state index contributed by atoms with van der Waals surface area (Å²) >= 11 is 6.12. The maximum Gasteiger partial charge on any atom is 0.224 e. The summed E-state index contributed by atoms with van der Waals surface area (Å²) in [4.78, 5) is 4.32. The van der Waals surface area contributed by atoms with E-state index in [0.29, 0.717) is 16.7 Å². The van der Waals surface area contributed by atoms with E-state index in [2.05, 4.69) is 24.1 Å². The van der Waals surface area contributed by atoms with Gasteiger partial charge in [-0.05, 0) is 38.1 Å². The van der Waals surface area contributed by atoms with Gasteiger partial charge in [-0.1, -0.05) is 36.7 Å². The van der Waals surface area contributed by atoms with Crippen LogP contribution in [0.1, 0.15) is 31.9 Å². The second-order valence-electron chi connectivity index (χ2n) is 4.61. The average Bonchev–Trinajstić information content (AvgIpc) is 2.48. The Morgan fingerprint density at radius 3 is 2.80 bits per heavy atom. The minimum absolute atomic E-state index is 0.182. The summed E-state index contributed by atoms with van der Waals surface area (Å²) in [6, 6.07) is 11.5. The summed E-state index contributed by atoms with van der Waals surface area (Å²) in [6.07, 6.45) is 2.81. The highest BCUT2D eigenvalue weighted by molar-refractivity contribution is 6.32. The SMILES string of the molecule is CCCNC(C)c1cccnc1Oc1ccccc1Cl. The zero-order valence-electron chi connectivity index (χ0n) is 11.8. The van der Waals surface area contributed by atoms with Crippen LogP contribution in [-0.2, 0) is 0 Å². The molecule has 20 heavy (non-hydrogen) atoms. The molecule has 1 heterocycles. The van der Waals surface area contributed by atoms with Crippen molar-refractivity contribution in [3.63, 3.8) is 0 Å². The smallest absolute Gasteiger partial charge is 0.224 e. The Hall–Kier alpha value is -1.58. The van der Waals surface area contributed by atoms with E-state index in [1.54, 1.807) is 12.3 Å². The fourth-order valence-electron chi connectivity index (χ4n) is 1.92. The molecule has 3 nitrogen and oxygen atoms in total. The third-order valence-corrected chi connectivity index (χ3v) is 3.32. The highest BCUT2D eigenvalue weighted by atomic mass is 35.5. The van der Waals surface area contributed by atoms with E-state index in [9.17, 15) is 0 Å². The first-order valence-corrected chi connectivity index (χ1v) is 7.21. The molecule has 1 aromatic carbocycles. The average molecular weight is 291 g/mol. The predicted octanol–water partition coefficient (Wildman–Crippen LogP) is 4.59. The first-order chi connectivity index (χ1) is 9.72. The summed E-state index contributed by atoms with van der Waals surface area (Å²) < 4.78 is 5.86. The Morgan fingerprint density at radius 2 is 2.05 bits per heavy atom. The van der Waals surface area contributed by atoms with E-state index >= 15 is 0 Å². The van der Waals surface area contributed by atoms with Crippen LogP contribution < -0.4 is 10.1 Å². The van der Waals surface area contributed by atoms with Gasteiger partial charge in [-0.3, -0.25) is 0 Å². The molecule has 106 valence electrons. The van der Waals surface area contributed by atoms with Crippen LogP contribution in [0.4, 0.5) is 0 Å². The molecule has 2 rings (SSSR count). The van der Waals surface area contributed by atoms with Crippen LogP contribution >= 0.6 is 11.6 Å². The first-order valence-electron chi connectivity index (χ1n) is 6.83. The van der Waals surface area contributed by atoms with Crippen molar-refractivity contribution in [3.8, 4) is 11.6 Å². The predicted molar refractivity (Wildman–Crippen MR) is 82.5 cm³/mol. The van der Waals surface area contributed by atoms with Crippen molar-refractivity contribution < 1.29 is 4.74 Å². The molecule has 0 aliphatic rings. The highest BCUT2D eigenvalue weighted by Gasteiger charge is 2.13. The molecule has 0 spiro atoms. The van der Waals surface area contributed by atoms with E-state index in [1.807, 2.05) is 30.3 Å². The third-order valence-electron chi connectivity index (χ3n) is 3.01. The lowest BCUT2D eigenvalue weighted by Crippen LogP contribution is -2.20. The summed E-state index contributed by atoms with van der Waals surface area (Å²) in [5, 5.41) is 4.02. The Kier molecular flexibility index (Phi) is 5.39. The van der Waals surface area contributed by atoms with Gasteiger partial charge in [-0.25, -0.2) is 4.98 Å². The topological polar surface area (TPSA) is 34.2 Å². The zero-order chi connectivity index (χ0) is 14.4. The summed E-state index contributed by atoms with van der Waals surface area (Å²) in [5.41, 5.74) is 1.03. The number of ether oxygens (including phenoxy) is 1. The van der Waals surface area contributed by atoms with Gasteiger partial charge in [0, 0.05) is 17.8 Å². The number of nitrogens with one attached hydrogen (secondary N) is 1. The van der Waals surface area contributed by atoms with Crippen molar-refractivity contribution in [2.24, 2.45) is 0 Å². The van der Waals surface area contributed by atoms with Gasteiger partial charge < -0.3 is 10.1 Å². The Morgan fingerprint density at radius 1 is 1.25 bits per heavy atom. The molecule has 0 saturated heterocycles. The summed E-state index contributed by atoms with van der Waals surface area (Å²) in [7, 11) is 0. The van der Waals surface area contributed by atoms with Gasteiger partial charge >= 0.3 is 0 Å². The third kappa shape index (κ3) is 3.71. The van der Waals surface area contributed by atoms with Gasteiger partial charge in [0.1, 0.15) is 5.75 Å². The van der Waals surface area contributed by atoms with Crippen LogP contribution in [-0.4, -0.2) is 11.5 Å². The minimum Gasteiger partial charge on any atom is -0.437 e. The van der Waals surface area contributed by atoms with Gasteiger partial charge in [-0.15, -0.1) is 0 Å². The maximum absolute atomic E-state index is 6.12. The van der Waals surface area contributed by atoms with Crippen LogP contribution in [0.5, 0.6) is 11.6 Å². The molecule has 0 fully saturated rings. The van der Waals surface area contributed by atoms with E-state index in [1.165, 1.54) is 0 Å². The van der Waals surface area contributed by atoms with Crippen LogP contribution in [0.25, 0.3) is 0 Å². The van der Waals surface area contributed by atoms with Gasteiger partial charge in [0.25, 0.3) is 0 Å². The molecule has 0 radical (unpaired) electrons. The quantitative estimate of drug-likeness (QED) is 0.845. The zero-order valence-corrected chi connectivity index (χ0v) is 12.5. The van der Waals surface area contributed by atoms with Crippen molar-refractivity contribution in [2.75, 3.05) is 6.54 Å². The van der Waals surface area contributed by atoms with E-state index in [-0.39, 0.29) is 6.04 Å². The minimum atomic E-state index is 0.182. The monoisotopic (exact) mass is 290 g/mol. The van der Waals surface area contributed by atoms with Gasteiger partial charge in [-0.2, -0.15) is 0 Å². The lowest BCUT2D eigenvalue weighted by molar-refractivity contribution is 0.442. The summed E-state index contributed by atoms with van der Waals surface area (Å²) in [5.74, 6) is 1.22. The first kappa shape index (κ1) is 14.8. The lowest BCUT2D eigenvalue weighted by Gasteiger charge is -2.17. The maximum atomic E-state index is 6.12. The number of pyridine rings is 1. The van der Waals surface area contributed by atoms with Crippen LogP contribution in [0.3, 0.4) is 0 Å². The van der Waals surface area contributed by atoms with Crippen molar-refractivity contribution in [1.29, 1.82) is 0 Å². The second kappa shape index (κ2) is 7.27. The highest BCUT2D eigenvalue weighted by Crippen LogP contribution is 2.31. The molecule has 0 bridgehead atoms. The number of rotatable bonds is 6. The molecule has 1 N–H and O–H groups in total. The number of halogens is 1. The van der Waals surface area contributed by atoms with Crippen LogP contribution in [0.15, 0.2) is 42.6 Å². The van der Waals surface area contributed by atoms with E-state index in [4.69, 9.17) is 16.3 Å². The molecule has 0 aliphatic heterocycles. The molecular formula is C16H19ClN2O. The van der Waals surface area contributed by atoms with Crippen LogP contribution in [0.2, 0.25) is 5.02 Å². The van der Waals surface area contributed by atoms with Gasteiger partial charge in [0.2, 0.25) is 5.88 Å². The van der Waals surface area contributed by atoms with Crippen LogP contribution in [0, 0.1) is 0 Å². The fourth-order valence-corrected chi connectivity index (χ4v) is 2.09. The number of para-hydroxylation sites is 1. The molecule has 1 atom stereocenters. The Bertz CT molecular complexity index is 560. The Labute approximate surface area is 124 Å². The number of hydrogen-bond acceptors (Lipinski definition) is 3. The van der Waals surface area contributed by atoms with Crippen molar-refractivity contribution in [2.45, 2.75) is 26.3 Å². The summed E-state index contributed by atoms with van der Waals surface area (Å²) in [6.45, 7) is 5.21. The van der Waals surface area contributed by atoms with E-state index < -0.39 is 0 Å². The number of benzene rings is 1. The van der Waals surface area contributed by atoms with Crippen molar-refractivity contribution in [3.05, 3.63) is 53.2 Å². The molecular weight excluding hydrogens is 272 g/mol. The number of nitrogens with zero attached hydrogens (tertiary/aromatic N) is 1. The Balaban J connectivity index is 2.22. The van der Waals surface area contributed by atoms with E-state index in [0.717, 1.165) is 18.5 Å². The largest absolute Gasteiger partial charge is 0.437 e. The molecule has 0 aliphatic carbocycles. The lowest BCUT2D eigenvalue weighted by atomic mass is 10.1. The molecule has 2 aromatic rings. The molecule has 4 heteroatoms. The molecule has 0 amide bonds. The fraction of sp³-hybridized carbons (Fsp3) is 0.312. The second-order valence-corrected chi connectivity index (χ2v) is 5.01.